The molecule has 0 aliphatic carbocycles. The standard InChI is InChI=1S/C16H17N3O3/c1-18-16(21)13-9-11(15(17)20)8-12(19-13)14(22-2)10-6-4-3-5-7-10/h3-9,14H,1-2H3,(H2,17,20)(H,18,21)/t14-/m1/s1. The van der Waals surface area contributed by atoms with Crippen molar-refractivity contribution >= 4 is 11.8 Å². The summed E-state index contributed by atoms with van der Waals surface area (Å²) >= 11 is 0. The zero-order valence-electron chi connectivity index (χ0n) is 12.4. The fraction of sp³-hybridized carbons (Fsp3) is 0.188. The summed E-state index contributed by atoms with van der Waals surface area (Å²) in [6.45, 7) is 0. The molecule has 1 heterocycles. The highest BCUT2D eigenvalue weighted by atomic mass is 16.5. The highest BCUT2D eigenvalue weighted by Crippen LogP contribution is 2.24. The van der Waals surface area contributed by atoms with Crippen LogP contribution in [0.2, 0.25) is 0 Å². The highest BCUT2D eigenvalue weighted by molar-refractivity contribution is 5.97. The number of amides is 2. The van der Waals surface area contributed by atoms with Gasteiger partial charge < -0.3 is 15.8 Å². The van der Waals surface area contributed by atoms with Gasteiger partial charge in [-0.2, -0.15) is 0 Å². The summed E-state index contributed by atoms with van der Waals surface area (Å²) in [6, 6.07) is 12.3. The van der Waals surface area contributed by atoms with Gasteiger partial charge in [-0.15, -0.1) is 0 Å². The minimum Gasteiger partial charge on any atom is -0.370 e. The maximum atomic E-state index is 11.8. The number of nitrogens with two attached hydrogens (primary N) is 1. The second-order valence-electron chi connectivity index (χ2n) is 4.64. The van der Waals surface area contributed by atoms with Crippen LogP contribution in [0.1, 0.15) is 38.2 Å². The van der Waals surface area contributed by atoms with Gasteiger partial charge in [0.05, 0.1) is 5.69 Å². The minimum atomic E-state index is -0.628. The van der Waals surface area contributed by atoms with E-state index in [2.05, 4.69) is 10.3 Å². The Kier molecular flexibility index (Phi) is 4.85. The van der Waals surface area contributed by atoms with Crippen LogP contribution in [0.5, 0.6) is 0 Å². The van der Waals surface area contributed by atoms with Gasteiger partial charge in [0.25, 0.3) is 5.91 Å². The summed E-state index contributed by atoms with van der Waals surface area (Å²) in [5.74, 6) is -1.02. The number of pyridine rings is 1. The SMILES string of the molecule is CNC(=O)c1cc(C(N)=O)cc([C@H](OC)c2ccccc2)n1. The molecule has 2 aromatic rings. The number of ether oxygens (including phenoxy) is 1. The molecule has 6 heteroatoms. The molecule has 0 saturated heterocycles. The number of nitrogens with one attached hydrogen (secondary N) is 1. The number of rotatable bonds is 5. The number of carbonyl (C=O) groups is 2. The topological polar surface area (TPSA) is 94.3 Å². The zero-order valence-corrected chi connectivity index (χ0v) is 12.4. The van der Waals surface area contributed by atoms with Crippen molar-refractivity contribution in [3.05, 3.63) is 65.0 Å². The molecule has 0 aliphatic heterocycles. The lowest BCUT2D eigenvalue weighted by Gasteiger charge is -2.16. The van der Waals surface area contributed by atoms with Crippen molar-refractivity contribution in [3.8, 4) is 0 Å². The first-order chi connectivity index (χ1) is 10.6. The van der Waals surface area contributed by atoms with Gasteiger partial charge in [0.15, 0.2) is 0 Å². The van der Waals surface area contributed by atoms with Crippen molar-refractivity contribution in [2.75, 3.05) is 14.2 Å². The summed E-state index contributed by atoms with van der Waals surface area (Å²) in [4.78, 5) is 27.6. The van der Waals surface area contributed by atoms with Crippen LogP contribution in [-0.4, -0.2) is 31.0 Å². The smallest absolute Gasteiger partial charge is 0.269 e. The number of primary amides is 1. The summed E-state index contributed by atoms with van der Waals surface area (Å²) in [7, 11) is 3.03. The molecule has 3 N–H and O–H groups in total. The van der Waals surface area contributed by atoms with Crippen LogP contribution in [0, 0.1) is 0 Å². The average Bonchev–Trinajstić information content (AvgIpc) is 2.55. The third kappa shape index (κ3) is 3.29. The first-order valence-corrected chi connectivity index (χ1v) is 6.68. The fourth-order valence-corrected chi connectivity index (χ4v) is 2.13. The molecule has 114 valence electrons. The molecule has 6 nitrogen and oxygen atoms in total. The van der Waals surface area contributed by atoms with Crippen LogP contribution in [0.25, 0.3) is 0 Å². The van der Waals surface area contributed by atoms with Crippen molar-refractivity contribution in [1.82, 2.24) is 10.3 Å². The molecular formula is C16H17N3O3. The van der Waals surface area contributed by atoms with E-state index in [0.717, 1.165) is 5.56 Å². The molecule has 2 rings (SSSR count). The lowest BCUT2D eigenvalue weighted by Crippen LogP contribution is -2.22. The number of aromatic nitrogens is 1. The van der Waals surface area contributed by atoms with Gasteiger partial charge in [-0.25, -0.2) is 4.98 Å². The Bertz CT molecular complexity index is 686. The highest BCUT2D eigenvalue weighted by Gasteiger charge is 2.19. The second kappa shape index (κ2) is 6.82. The Balaban J connectivity index is 2.55. The molecule has 1 atom stereocenters. The first kappa shape index (κ1) is 15.7. The fourth-order valence-electron chi connectivity index (χ4n) is 2.13. The van der Waals surface area contributed by atoms with E-state index < -0.39 is 17.9 Å². The molecule has 0 unspecified atom stereocenters. The first-order valence-electron chi connectivity index (χ1n) is 6.68. The summed E-state index contributed by atoms with van der Waals surface area (Å²) in [5, 5.41) is 2.48. The average molecular weight is 299 g/mol. The van der Waals surface area contributed by atoms with Crippen molar-refractivity contribution in [2.24, 2.45) is 5.73 Å². The number of carbonyl (C=O) groups excluding carboxylic acids is 2. The molecule has 0 bridgehead atoms. The van der Waals surface area contributed by atoms with E-state index in [4.69, 9.17) is 10.5 Å². The van der Waals surface area contributed by atoms with Gasteiger partial charge in [0, 0.05) is 19.7 Å². The second-order valence-corrected chi connectivity index (χ2v) is 4.64. The maximum Gasteiger partial charge on any atom is 0.269 e. The zero-order chi connectivity index (χ0) is 16.1. The molecule has 1 aromatic heterocycles. The van der Waals surface area contributed by atoms with Crippen LogP contribution < -0.4 is 11.1 Å². The molecule has 22 heavy (non-hydrogen) atoms. The van der Waals surface area contributed by atoms with Crippen molar-refractivity contribution in [1.29, 1.82) is 0 Å². The molecule has 0 spiro atoms. The molecule has 0 saturated carbocycles. The van der Waals surface area contributed by atoms with Gasteiger partial charge in [0.1, 0.15) is 11.8 Å². The third-order valence-electron chi connectivity index (χ3n) is 3.20. The van der Waals surface area contributed by atoms with Gasteiger partial charge in [-0.05, 0) is 17.7 Å². The number of methoxy groups -OCH3 is 1. The monoisotopic (exact) mass is 299 g/mol. The van der Waals surface area contributed by atoms with Gasteiger partial charge in [-0.1, -0.05) is 30.3 Å². The van der Waals surface area contributed by atoms with E-state index in [1.165, 1.54) is 26.3 Å². The van der Waals surface area contributed by atoms with E-state index in [1.807, 2.05) is 30.3 Å². The minimum absolute atomic E-state index is 0.117. The van der Waals surface area contributed by atoms with E-state index in [-0.39, 0.29) is 11.3 Å². The number of hydrogen-bond donors (Lipinski definition) is 2. The van der Waals surface area contributed by atoms with Crippen LogP contribution in [0.3, 0.4) is 0 Å². The number of benzene rings is 1. The maximum absolute atomic E-state index is 11.8. The Morgan fingerprint density at radius 3 is 2.45 bits per heavy atom. The Labute approximate surface area is 128 Å². The molecule has 0 aliphatic rings. The quantitative estimate of drug-likeness (QED) is 0.869. The van der Waals surface area contributed by atoms with Crippen LogP contribution in [0.15, 0.2) is 42.5 Å². The summed E-state index contributed by atoms with van der Waals surface area (Å²) in [5.41, 5.74) is 6.97. The Morgan fingerprint density at radius 2 is 1.91 bits per heavy atom. The summed E-state index contributed by atoms with van der Waals surface area (Å²) < 4.78 is 5.48. The Morgan fingerprint density at radius 1 is 1.23 bits per heavy atom. The number of hydrogen-bond acceptors (Lipinski definition) is 4. The van der Waals surface area contributed by atoms with Gasteiger partial charge >= 0.3 is 0 Å². The van der Waals surface area contributed by atoms with Crippen molar-refractivity contribution < 1.29 is 14.3 Å². The number of nitrogens with zero attached hydrogens (tertiary/aromatic N) is 1. The molecule has 0 radical (unpaired) electrons. The largest absolute Gasteiger partial charge is 0.370 e. The normalized spacial score (nSPS) is 11.7. The van der Waals surface area contributed by atoms with E-state index >= 15 is 0 Å². The predicted octanol–water partition coefficient (Wildman–Crippen LogP) is 1.28. The van der Waals surface area contributed by atoms with Crippen molar-refractivity contribution in [3.63, 3.8) is 0 Å². The van der Waals surface area contributed by atoms with Crippen LogP contribution in [0.4, 0.5) is 0 Å². The third-order valence-corrected chi connectivity index (χ3v) is 3.20. The molecule has 0 fully saturated rings. The Hall–Kier alpha value is -2.73. The molecule has 1 aromatic carbocycles. The van der Waals surface area contributed by atoms with Gasteiger partial charge in [0.2, 0.25) is 5.91 Å². The van der Waals surface area contributed by atoms with Crippen LogP contribution >= 0.6 is 0 Å². The van der Waals surface area contributed by atoms with E-state index in [1.54, 1.807) is 0 Å². The van der Waals surface area contributed by atoms with Crippen molar-refractivity contribution in [2.45, 2.75) is 6.10 Å². The lowest BCUT2D eigenvalue weighted by molar-refractivity contribution is 0.0955. The lowest BCUT2D eigenvalue weighted by atomic mass is 10.0. The molecular weight excluding hydrogens is 282 g/mol. The van der Waals surface area contributed by atoms with E-state index in [9.17, 15) is 9.59 Å². The summed E-state index contributed by atoms with van der Waals surface area (Å²) in [6.07, 6.45) is -0.496. The predicted molar refractivity (Wildman–Crippen MR) is 81.4 cm³/mol. The van der Waals surface area contributed by atoms with Crippen LogP contribution in [-0.2, 0) is 4.74 Å². The molecule has 2 amide bonds. The van der Waals surface area contributed by atoms with Gasteiger partial charge in [-0.3, -0.25) is 9.59 Å². The van der Waals surface area contributed by atoms with E-state index in [0.29, 0.717) is 5.69 Å².